The first-order chi connectivity index (χ1) is 15.0. The molecule has 4 rings (SSSR count). The average molecular weight is 458 g/mol. The van der Waals surface area contributed by atoms with Crippen LogP contribution in [0.15, 0.2) is 40.9 Å². The van der Waals surface area contributed by atoms with E-state index >= 15 is 0 Å². The van der Waals surface area contributed by atoms with Crippen molar-refractivity contribution in [3.8, 4) is 0 Å². The van der Waals surface area contributed by atoms with Gasteiger partial charge in [0.25, 0.3) is 0 Å². The molecular weight excluding hydrogens is 422 g/mol. The van der Waals surface area contributed by atoms with E-state index in [4.69, 9.17) is 4.74 Å². The molecule has 0 saturated carbocycles. The fraction of sp³-hybridized carbons (Fsp3) is 0.560. The van der Waals surface area contributed by atoms with E-state index in [0.29, 0.717) is 31.0 Å². The number of piperidine rings is 1. The number of nitrogens with zero attached hydrogens (tertiary/aromatic N) is 3. The van der Waals surface area contributed by atoms with E-state index in [1.807, 2.05) is 18.3 Å². The Balaban J connectivity index is 1.66. The Morgan fingerprint density at radius 3 is 2.47 bits per heavy atom. The molecule has 0 amide bonds. The van der Waals surface area contributed by atoms with Gasteiger partial charge in [0.1, 0.15) is 0 Å². The van der Waals surface area contributed by atoms with Gasteiger partial charge in [-0.25, -0.2) is 8.42 Å². The third-order valence-corrected chi connectivity index (χ3v) is 8.67. The molecule has 2 aromatic rings. The lowest BCUT2D eigenvalue weighted by atomic mass is 9.69. The Morgan fingerprint density at radius 1 is 1.19 bits per heavy atom. The molecule has 1 aromatic carbocycles. The van der Waals surface area contributed by atoms with Crippen molar-refractivity contribution in [2.24, 2.45) is 5.41 Å². The molecule has 174 valence electrons. The van der Waals surface area contributed by atoms with Crippen LogP contribution in [0, 0.1) is 5.41 Å². The number of sulfonamides is 1. The summed E-state index contributed by atoms with van der Waals surface area (Å²) in [6.07, 6.45) is 5.60. The number of methoxy groups -OCH3 is 1. The molecule has 1 saturated heterocycles. The van der Waals surface area contributed by atoms with Crippen LogP contribution in [0.25, 0.3) is 6.08 Å². The summed E-state index contributed by atoms with van der Waals surface area (Å²) in [5.41, 5.74) is 4.32. The van der Waals surface area contributed by atoms with Crippen LogP contribution < -0.4 is 0 Å². The lowest BCUT2D eigenvalue weighted by Gasteiger charge is -2.45. The summed E-state index contributed by atoms with van der Waals surface area (Å²) in [6, 6.07) is 7.63. The normalized spacial score (nSPS) is 21.9. The monoisotopic (exact) mass is 457 g/mol. The predicted octanol–water partition coefficient (Wildman–Crippen LogP) is 4.43. The summed E-state index contributed by atoms with van der Waals surface area (Å²) in [5.74, 6) is 0. The fourth-order valence-corrected chi connectivity index (χ4v) is 6.54. The Labute approximate surface area is 192 Å². The molecule has 32 heavy (non-hydrogen) atoms. The highest BCUT2D eigenvalue weighted by Gasteiger charge is 2.46. The molecule has 1 aliphatic carbocycles. The van der Waals surface area contributed by atoms with E-state index in [-0.39, 0.29) is 16.9 Å². The van der Waals surface area contributed by atoms with E-state index in [0.717, 1.165) is 23.2 Å². The molecule has 0 radical (unpaired) electrons. The van der Waals surface area contributed by atoms with Crippen LogP contribution in [0.2, 0.25) is 0 Å². The summed E-state index contributed by atoms with van der Waals surface area (Å²) in [4.78, 5) is 0.356. The van der Waals surface area contributed by atoms with Crippen molar-refractivity contribution >= 4 is 16.1 Å². The zero-order valence-corrected chi connectivity index (χ0v) is 20.9. The van der Waals surface area contributed by atoms with Crippen LogP contribution in [0.4, 0.5) is 0 Å². The lowest BCUT2D eigenvalue weighted by molar-refractivity contribution is 0.0732. The molecule has 1 atom stereocenters. The number of benzene rings is 1. The molecular formula is C25H35N3O3S. The van der Waals surface area contributed by atoms with Gasteiger partial charge in [-0.1, -0.05) is 38.5 Å². The molecule has 1 fully saturated rings. The highest BCUT2D eigenvalue weighted by atomic mass is 32.2. The maximum atomic E-state index is 13.6. The van der Waals surface area contributed by atoms with Gasteiger partial charge >= 0.3 is 0 Å². The number of rotatable bonds is 5. The maximum Gasteiger partial charge on any atom is 0.243 e. The van der Waals surface area contributed by atoms with Gasteiger partial charge in [0.2, 0.25) is 10.0 Å². The van der Waals surface area contributed by atoms with Gasteiger partial charge in [-0.05, 0) is 61.4 Å². The second-order valence-corrected chi connectivity index (χ2v) is 12.5. The van der Waals surface area contributed by atoms with Gasteiger partial charge < -0.3 is 4.74 Å². The Hall–Kier alpha value is -1.96. The fourth-order valence-electron chi connectivity index (χ4n) is 5.01. The number of fused-ring (bicyclic) bond motifs is 2. The van der Waals surface area contributed by atoms with Gasteiger partial charge in [-0.15, -0.1) is 0 Å². The van der Waals surface area contributed by atoms with Crippen molar-refractivity contribution < 1.29 is 13.2 Å². The summed E-state index contributed by atoms with van der Waals surface area (Å²) in [6.45, 7) is 12.0. The Kier molecular flexibility index (Phi) is 5.89. The van der Waals surface area contributed by atoms with E-state index in [1.54, 1.807) is 23.5 Å². The van der Waals surface area contributed by atoms with E-state index in [2.05, 4.69) is 50.5 Å². The van der Waals surface area contributed by atoms with Gasteiger partial charge in [0.15, 0.2) is 0 Å². The minimum atomic E-state index is -3.59. The van der Waals surface area contributed by atoms with Gasteiger partial charge in [-0.2, -0.15) is 9.40 Å². The van der Waals surface area contributed by atoms with Crippen LogP contribution in [-0.4, -0.2) is 49.3 Å². The second-order valence-electron chi connectivity index (χ2n) is 10.5. The van der Waals surface area contributed by atoms with E-state index < -0.39 is 10.0 Å². The third-order valence-electron chi connectivity index (χ3n) is 6.81. The molecule has 2 heterocycles. The average Bonchev–Trinajstić information content (AvgIpc) is 3.13. The molecule has 7 heteroatoms. The summed E-state index contributed by atoms with van der Waals surface area (Å²) < 4.78 is 36.5. The molecule has 2 aliphatic rings. The van der Waals surface area contributed by atoms with Gasteiger partial charge in [0.05, 0.1) is 23.4 Å². The standard InChI is InChI=1S/C25H35N3O3S/c1-18(2)28-23-13-21-11-12-27(16-25(21,17-31-6)14-19(23)15-26-28)32(29,30)22-9-7-20(8-10-22)24(3,4)5/h7-10,13,15,18H,11-12,14,16-17H2,1-6H3/t25-/m1/s1. The van der Waals surface area contributed by atoms with Crippen molar-refractivity contribution in [1.82, 2.24) is 14.1 Å². The van der Waals surface area contributed by atoms with Crippen LogP contribution in [0.3, 0.4) is 0 Å². The molecule has 1 aromatic heterocycles. The SMILES string of the molecule is COC[C@]12Cc3cnn(C(C)C)c3C=C1CCN(S(=O)(=O)c1ccc(C(C)(C)C)cc1)C2. The summed E-state index contributed by atoms with van der Waals surface area (Å²) in [5, 5.41) is 4.59. The number of hydrogen-bond donors (Lipinski definition) is 0. The first-order valence-corrected chi connectivity index (χ1v) is 12.8. The smallest absolute Gasteiger partial charge is 0.243 e. The first kappa shape index (κ1) is 23.2. The van der Waals surface area contributed by atoms with Crippen LogP contribution in [-0.2, 0) is 26.6 Å². The summed E-state index contributed by atoms with van der Waals surface area (Å²) >= 11 is 0. The quantitative estimate of drug-likeness (QED) is 0.666. The van der Waals surface area contributed by atoms with Crippen molar-refractivity contribution in [2.75, 3.05) is 26.8 Å². The second kappa shape index (κ2) is 8.12. The van der Waals surface area contributed by atoms with Crippen LogP contribution in [0.5, 0.6) is 0 Å². The molecule has 0 spiro atoms. The van der Waals surface area contributed by atoms with Crippen molar-refractivity contribution in [3.63, 3.8) is 0 Å². The Morgan fingerprint density at radius 2 is 1.88 bits per heavy atom. The van der Waals surface area contributed by atoms with E-state index in [9.17, 15) is 8.42 Å². The molecule has 0 unspecified atom stereocenters. The third kappa shape index (κ3) is 3.95. The maximum absolute atomic E-state index is 13.6. The topological polar surface area (TPSA) is 64.4 Å². The van der Waals surface area contributed by atoms with Crippen LogP contribution >= 0.6 is 0 Å². The zero-order chi connectivity index (χ0) is 23.3. The number of hydrogen-bond acceptors (Lipinski definition) is 4. The molecule has 0 N–H and O–H groups in total. The number of ether oxygens (including phenoxy) is 1. The molecule has 0 bridgehead atoms. The summed E-state index contributed by atoms with van der Waals surface area (Å²) in [7, 11) is -1.89. The minimum Gasteiger partial charge on any atom is -0.384 e. The highest BCUT2D eigenvalue weighted by Crippen LogP contribution is 2.45. The Bertz CT molecular complexity index is 1120. The molecule has 6 nitrogen and oxygen atoms in total. The zero-order valence-electron chi connectivity index (χ0n) is 20.1. The first-order valence-electron chi connectivity index (χ1n) is 11.3. The van der Waals surface area contributed by atoms with Crippen molar-refractivity contribution in [3.05, 3.63) is 52.9 Å². The van der Waals surface area contributed by atoms with Gasteiger partial charge in [0, 0.05) is 31.7 Å². The van der Waals surface area contributed by atoms with Crippen molar-refractivity contribution in [2.45, 2.75) is 63.8 Å². The molecule has 1 aliphatic heterocycles. The van der Waals surface area contributed by atoms with E-state index in [1.165, 1.54) is 5.57 Å². The highest BCUT2D eigenvalue weighted by molar-refractivity contribution is 7.89. The minimum absolute atomic E-state index is 0.0180. The predicted molar refractivity (Wildman–Crippen MR) is 127 cm³/mol. The van der Waals surface area contributed by atoms with Crippen LogP contribution in [0.1, 0.15) is 63.9 Å². The van der Waals surface area contributed by atoms with Gasteiger partial charge in [-0.3, -0.25) is 4.68 Å². The number of aromatic nitrogens is 2. The van der Waals surface area contributed by atoms with Crippen molar-refractivity contribution in [1.29, 1.82) is 0 Å². The largest absolute Gasteiger partial charge is 0.384 e. The lowest BCUT2D eigenvalue weighted by Crippen LogP contribution is -2.51.